The van der Waals surface area contributed by atoms with Gasteiger partial charge in [0, 0.05) is 0 Å². The Balaban J connectivity index is 2.59. The van der Waals surface area contributed by atoms with E-state index in [4.69, 9.17) is 9.84 Å². The van der Waals surface area contributed by atoms with Crippen LogP contribution in [0.15, 0.2) is 12.2 Å². The topological polar surface area (TPSA) is 55.8 Å². The molecule has 0 fully saturated rings. The number of rotatable bonds is 3. The summed E-state index contributed by atoms with van der Waals surface area (Å²) in [5.74, 6) is -0.551. The maximum absolute atomic E-state index is 11.2. The molecule has 0 saturated carbocycles. The lowest BCUT2D eigenvalue weighted by molar-refractivity contribution is -0.153. The first-order chi connectivity index (χ1) is 6.29. The Hall–Kier alpha value is -0.870. The number of carbonyl (C=O) groups is 1. The largest absolute Gasteiger partial charge is 0.469 e. The van der Waals surface area contributed by atoms with Gasteiger partial charge < -0.3 is 14.6 Å². The summed E-state index contributed by atoms with van der Waals surface area (Å²) in [5, 5.41) is 8.58. The number of aliphatic hydroxyl groups is 1. The van der Waals surface area contributed by atoms with E-state index in [1.54, 1.807) is 6.08 Å². The van der Waals surface area contributed by atoms with Crippen LogP contribution in [0.4, 0.5) is 0 Å². The zero-order chi connectivity index (χ0) is 9.68. The fourth-order valence-corrected chi connectivity index (χ4v) is 1.47. The van der Waals surface area contributed by atoms with E-state index in [0.29, 0.717) is 6.42 Å². The van der Waals surface area contributed by atoms with E-state index in [1.807, 2.05) is 6.08 Å². The summed E-state index contributed by atoms with van der Waals surface area (Å²) >= 11 is 0. The van der Waals surface area contributed by atoms with E-state index in [-0.39, 0.29) is 24.8 Å². The summed E-state index contributed by atoms with van der Waals surface area (Å²) in [6.45, 7) is -0.373. The molecule has 0 aromatic heterocycles. The van der Waals surface area contributed by atoms with Gasteiger partial charge in [-0.3, -0.25) is 4.79 Å². The fourth-order valence-electron chi connectivity index (χ4n) is 1.47. The number of carbonyl (C=O) groups excluding carboxylic acids is 1. The van der Waals surface area contributed by atoms with Crippen molar-refractivity contribution in [2.75, 3.05) is 13.9 Å². The molecule has 1 N–H and O–H groups in total. The third-order valence-electron chi connectivity index (χ3n) is 2.14. The van der Waals surface area contributed by atoms with Crippen molar-refractivity contribution in [1.82, 2.24) is 0 Å². The Bertz CT molecular complexity index is 200. The van der Waals surface area contributed by atoms with Gasteiger partial charge in [0.1, 0.15) is 6.79 Å². The van der Waals surface area contributed by atoms with Crippen LogP contribution >= 0.6 is 0 Å². The van der Waals surface area contributed by atoms with Crippen molar-refractivity contribution in [3.05, 3.63) is 12.2 Å². The summed E-state index contributed by atoms with van der Waals surface area (Å²) in [4.78, 5) is 11.2. The van der Waals surface area contributed by atoms with E-state index in [0.717, 1.165) is 6.42 Å². The van der Waals surface area contributed by atoms with Crippen LogP contribution in [0.1, 0.15) is 12.8 Å². The monoisotopic (exact) mass is 186 g/mol. The highest BCUT2D eigenvalue weighted by molar-refractivity contribution is 5.73. The van der Waals surface area contributed by atoms with Crippen LogP contribution in [0.3, 0.4) is 0 Å². The van der Waals surface area contributed by atoms with Crippen molar-refractivity contribution < 1.29 is 19.4 Å². The van der Waals surface area contributed by atoms with Crippen LogP contribution in [0, 0.1) is 5.92 Å². The number of hydrogen-bond acceptors (Lipinski definition) is 4. The Morgan fingerprint density at radius 1 is 1.69 bits per heavy atom. The van der Waals surface area contributed by atoms with Gasteiger partial charge in [-0.1, -0.05) is 12.2 Å². The smallest absolute Gasteiger partial charge is 0.311 e. The maximum Gasteiger partial charge on any atom is 0.311 e. The summed E-state index contributed by atoms with van der Waals surface area (Å²) in [5.41, 5.74) is 0. The molecule has 0 amide bonds. The van der Waals surface area contributed by atoms with Crippen molar-refractivity contribution in [3.8, 4) is 0 Å². The van der Waals surface area contributed by atoms with Crippen molar-refractivity contribution in [2.45, 2.75) is 18.9 Å². The standard InChI is InChI=1S/C9H14O4/c1-12-9(11)7-4-2-3-5-8(7)13-6-10/h3,5,7-8,10H,2,4,6H2,1H3/t7-,8+/m1/s1. The summed E-state index contributed by atoms with van der Waals surface area (Å²) < 4.78 is 9.62. The quantitative estimate of drug-likeness (QED) is 0.395. The second-order valence-corrected chi connectivity index (χ2v) is 2.90. The van der Waals surface area contributed by atoms with Gasteiger partial charge in [-0.25, -0.2) is 0 Å². The summed E-state index contributed by atoms with van der Waals surface area (Å²) in [6, 6.07) is 0. The average molecular weight is 186 g/mol. The van der Waals surface area contributed by atoms with E-state index < -0.39 is 0 Å². The van der Waals surface area contributed by atoms with E-state index in [1.165, 1.54) is 7.11 Å². The average Bonchev–Trinajstić information content (AvgIpc) is 2.18. The molecule has 4 heteroatoms. The maximum atomic E-state index is 11.2. The van der Waals surface area contributed by atoms with Gasteiger partial charge in [0.2, 0.25) is 0 Å². The molecule has 4 nitrogen and oxygen atoms in total. The van der Waals surface area contributed by atoms with Crippen LogP contribution < -0.4 is 0 Å². The molecule has 0 spiro atoms. The van der Waals surface area contributed by atoms with Crippen LogP contribution in [0.25, 0.3) is 0 Å². The lowest BCUT2D eigenvalue weighted by Crippen LogP contribution is -2.32. The third-order valence-corrected chi connectivity index (χ3v) is 2.14. The van der Waals surface area contributed by atoms with Gasteiger partial charge in [0.25, 0.3) is 0 Å². The Labute approximate surface area is 77.1 Å². The number of ether oxygens (including phenoxy) is 2. The van der Waals surface area contributed by atoms with Crippen LogP contribution in [0.2, 0.25) is 0 Å². The minimum Gasteiger partial charge on any atom is -0.469 e. The molecule has 0 radical (unpaired) electrons. The predicted octanol–water partition coefficient (Wildman–Crippen LogP) is 0.461. The molecule has 0 heterocycles. The number of allylic oxidation sites excluding steroid dienone is 1. The summed E-state index contributed by atoms with van der Waals surface area (Å²) in [6.07, 6.45) is 4.96. The molecule has 1 aliphatic rings. The minimum atomic E-state index is -0.373. The first-order valence-electron chi connectivity index (χ1n) is 4.26. The number of esters is 1. The molecule has 0 aromatic rings. The second kappa shape index (κ2) is 4.99. The molecular formula is C9H14O4. The first-order valence-corrected chi connectivity index (χ1v) is 4.26. The Kier molecular flexibility index (Phi) is 3.92. The number of aliphatic hydroxyl groups excluding tert-OH is 1. The van der Waals surface area contributed by atoms with Gasteiger partial charge in [-0.05, 0) is 12.8 Å². The second-order valence-electron chi connectivity index (χ2n) is 2.90. The van der Waals surface area contributed by atoms with Gasteiger partial charge in [0.05, 0.1) is 19.1 Å². The van der Waals surface area contributed by atoms with Crippen molar-refractivity contribution in [2.24, 2.45) is 5.92 Å². The lowest BCUT2D eigenvalue weighted by Gasteiger charge is -2.24. The Morgan fingerprint density at radius 2 is 2.46 bits per heavy atom. The van der Waals surface area contributed by atoms with E-state index in [9.17, 15) is 4.79 Å². The zero-order valence-electron chi connectivity index (χ0n) is 7.60. The molecule has 13 heavy (non-hydrogen) atoms. The van der Waals surface area contributed by atoms with Crippen LogP contribution in [-0.4, -0.2) is 31.1 Å². The SMILES string of the molecule is COC(=O)[C@@H]1CCC=C[C@@H]1OCO. The summed E-state index contributed by atoms with van der Waals surface area (Å²) in [7, 11) is 1.36. The predicted molar refractivity (Wildman–Crippen MR) is 45.8 cm³/mol. The normalized spacial score (nSPS) is 27.2. The number of hydrogen-bond donors (Lipinski definition) is 1. The third kappa shape index (κ3) is 2.54. The first kappa shape index (κ1) is 10.2. The molecule has 1 aliphatic carbocycles. The lowest BCUT2D eigenvalue weighted by atomic mass is 9.92. The van der Waals surface area contributed by atoms with Gasteiger partial charge in [0.15, 0.2) is 0 Å². The molecule has 0 unspecified atom stereocenters. The molecule has 2 atom stereocenters. The van der Waals surface area contributed by atoms with E-state index >= 15 is 0 Å². The highest BCUT2D eigenvalue weighted by Crippen LogP contribution is 2.22. The Morgan fingerprint density at radius 3 is 3.08 bits per heavy atom. The van der Waals surface area contributed by atoms with Crippen molar-refractivity contribution >= 4 is 5.97 Å². The molecule has 74 valence electrons. The highest BCUT2D eigenvalue weighted by Gasteiger charge is 2.29. The molecule has 1 rings (SSSR count). The molecule has 0 saturated heterocycles. The van der Waals surface area contributed by atoms with Crippen molar-refractivity contribution in [1.29, 1.82) is 0 Å². The van der Waals surface area contributed by atoms with Gasteiger partial charge in [-0.2, -0.15) is 0 Å². The number of methoxy groups -OCH3 is 1. The molecule has 0 aliphatic heterocycles. The minimum absolute atomic E-state index is 0.275. The zero-order valence-corrected chi connectivity index (χ0v) is 7.60. The fraction of sp³-hybridized carbons (Fsp3) is 0.667. The molecule has 0 aromatic carbocycles. The highest BCUT2D eigenvalue weighted by atomic mass is 16.6. The van der Waals surface area contributed by atoms with Crippen LogP contribution in [-0.2, 0) is 14.3 Å². The van der Waals surface area contributed by atoms with Gasteiger partial charge in [-0.15, -0.1) is 0 Å². The van der Waals surface area contributed by atoms with Crippen molar-refractivity contribution in [3.63, 3.8) is 0 Å². The molecule has 0 bridgehead atoms. The van der Waals surface area contributed by atoms with Gasteiger partial charge >= 0.3 is 5.97 Å². The molecular weight excluding hydrogens is 172 g/mol. The van der Waals surface area contributed by atoms with E-state index in [2.05, 4.69) is 4.74 Å². The van der Waals surface area contributed by atoms with Crippen LogP contribution in [0.5, 0.6) is 0 Å².